The Kier molecular flexibility index (Phi) is 4.31. The van der Waals surface area contributed by atoms with E-state index < -0.39 is 0 Å². The maximum absolute atomic E-state index is 5.72. The Morgan fingerprint density at radius 2 is 1.80 bits per heavy atom. The number of thiocarbonyl (C=S) groups is 1. The number of hydrogen-bond donors (Lipinski definition) is 1. The van der Waals surface area contributed by atoms with Crippen LogP contribution < -0.4 is 19.9 Å². The van der Waals surface area contributed by atoms with Gasteiger partial charge < -0.3 is 19.9 Å². The van der Waals surface area contributed by atoms with Crippen LogP contribution in [0.2, 0.25) is 0 Å². The minimum absolute atomic E-state index is 0.170. The van der Waals surface area contributed by atoms with Crippen molar-refractivity contribution >= 4 is 17.2 Å². The van der Waals surface area contributed by atoms with E-state index in [0.717, 1.165) is 0 Å². The standard InChI is InChI=1S/C13H13N3O3S/c1-17-9-4-3-5-10(18-2)11(9)19-13-8(12(14)20)6-7-15-16-13/h3-7H,1-2H3,(H2,14,20). The number of ether oxygens (including phenoxy) is 3. The lowest BCUT2D eigenvalue weighted by Gasteiger charge is -2.14. The topological polar surface area (TPSA) is 79.5 Å². The minimum atomic E-state index is 0.170. The molecule has 0 amide bonds. The summed E-state index contributed by atoms with van der Waals surface area (Å²) in [6, 6.07) is 6.91. The van der Waals surface area contributed by atoms with Crippen molar-refractivity contribution in [2.24, 2.45) is 5.73 Å². The van der Waals surface area contributed by atoms with Crippen molar-refractivity contribution in [2.45, 2.75) is 0 Å². The molecule has 2 aromatic rings. The van der Waals surface area contributed by atoms with Gasteiger partial charge in [0.2, 0.25) is 11.6 Å². The summed E-state index contributed by atoms with van der Waals surface area (Å²) in [5.41, 5.74) is 6.12. The van der Waals surface area contributed by atoms with Gasteiger partial charge in [0.05, 0.1) is 26.0 Å². The summed E-state index contributed by atoms with van der Waals surface area (Å²) >= 11 is 4.96. The van der Waals surface area contributed by atoms with E-state index >= 15 is 0 Å². The predicted octanol–water partition coefficient (Wildman–Crippen LogP) is 1.92. The first-order valence-electron chi connectivity index (χ1n) is 5.67. The molecule has 0 saturated carbocycles. The second-order valence-corrected chi connectivity index (χ2v) is 4.15. The maximum Gasteiger partial charge on any atom is 0.249 e. The van der Waals surface area contributed by atoms with E-state index in [2.05, 4.69) is 10.2 Å². The van der Waals surface area contributed by atoms with Crippen molar-refractivity contribution in [1.82, 2.24) is 10.2 Å². The van der Waals surface area contributed by atoms with Crippen molar-refractivity contribution in [3.63, 3.8) is 0 Å². The van der Waals surface area contributed by atoms with Gasteiger partial charge in [-0.3, -0.25) is 0 Å². The molecule has 104 valence electrons. The van der Waals surface area contributed by atoms with Gasteiger partial charge in [0, 0.05) is 0 Å². The molecule has 0 unspecified atom stereocenters. The van der Waals surface area contributed by atoms with Gasteiger partial charge in [0.1, 0.15) is 4.99 Å². The molecule has 1 aromatic carbocycles. The number of aromatic nitrogens is 2. The average molecular weight is 291 g/mol. The van der Waals surface area contributed by atoms with Crippen LogP contribution in [0, 0.1) is 0 Å². The molecule has 0 saturated heterocycles. The van der Waals surface area contributed by atoms with Crippen LogP contribution in [-0.4, -0.2) is 29.4 Å². The number of nitrogens with two attached hydrogens (primary N) is 1. The SMILES string of the molecule is COc1cccc(OC)c1Oc1nnccc1C(N)=S. The maximum atomic E-state index is 5.72. The van der Waals surface area contributed by atoms with Gasteiger partial charge in [-0.1, -0.05) is 18.3 Å². The zero-order valence-corrected chi connectivity index (χ0v) is 11.8. The molecule has 0 spiro atoms. The molecule has 1 aromatic heterocycles. The fourth-order valence-electron chi connectivity index (χ4n) is 1.60. The Bertz CT molecular complexity index is 612. The van der Waals surface area contributed by atoms with E-state index in [1.165, 1.54) is 20.4 Å². The smallest absolute Gasteiger partial charge is 0.249 e. The minimum Gasteiger partial charge on any atom is -0.493 e. The molecule has 6 nitrogen and oxygen atoms in total. The third kappa shape index (κ3) is 2.77. The van der Waals surface area contributed by atoms with E-state index in [9.17, 15) is 0 Å². The average Bonchev–Trinajstić information content (AvgIpc) is 2.47. The molecule has 0 bridgehead atoms. The van der Waals surface area contributed by atoms with Crippen molar-refractivity contribution in [3.05, 3.63) is 36.0 Å². The predicted molar refractivity (Wildman–Crippen MR) is 77.5 cm³/mol. The first-order chi connectivity index (χ1) is 9.67. The van der Waals surface area contributed by atoms with Crippen LogP contribution in [0.5, 0.6) is 23.1 Å². The van der Waals surface area contributed by atoms with Crippen molar-refractivity contribution in [1.29, 1.82) is 0 Å². The monoisotopic (exact) mass is 291 g/mol. The first-order valence-corrected chi connectivity index (χ1v) is 6.08. The molecule has 0 atom stereocenters. The van der Waals surface area contributed by atoms with Crippen LogP contribution in [0.25, 0.3) is 0 Å². The molecular formula is C13H13N3O3S. The molecule has 7 heteroatoms. The summed E-state index contributed by atoms with van der Waals surface area (Å²) < 4.78 is 16.2. The summed E-state index contributed by atoms with van der Waals surface area (Å²) in [4.78, 5) is 0.170. The molecule has 0 radical (unpaired) electrons. The van der Waals surface area contributed by atoms with Crippen LogP contribution >= 0.6 is 12.2 Å². The Labute approximate surface area is 121 Å². The molecule has 20 heavy (non-hydrogen) atoms. The van der Waals surface area contributed by atoms with E-state index in [1.54, 1.807) is 24.3 Å². The number of hydrogen-bond acceptors (Lipinski definition) is 6. The van der Waals surface area contributed by atoms with Gasteiger partial charge >= 0.3 is 0 Å². The van der Waals surface area contributed by atoms with Crippen LogP contribution in [-0.2, 0) is 0 Å². The lowest BCUT2D eigenvalue weighted by Crippen LogP contribution is -2.12. The van der Waals surface area contributed by atoms with E-state index in [0.29, 0.717) is 22.8 Å². The summed E-state index contributed by atoms with van der Waals surface area (Å²) in [6.07, 6.45) is 1.49. The van der Waals surface area contributed by atoms with Crippen LogP contribution in [0.3, 0.4) is 0 Å². The van der Waals surface area contributed by atoms with Crippen LogP contribution in [0.1, 0.15) is 5.56 Å². The third-order valence-electron chi connectivity index (χ3n) is 2.53. The van der Waals surface area contributed by atoms with E-state index in [-0.39, 0.29) is 10.9 Å². The van der Waals surface area contributed by atoms with Crippen molar-refractivity contribution in [3.8, 4) is 23.1 Å². The quantitative estimate of drug-likeness (QED) is 0.843. The van der Waals surface area contributed by atoms with Gasteiger partial charge in [-0.2, -0.15) is 5.10 Å². The summed E-state index contributed by atoms with van der Waals surface area (Å²) in [5, 5.41) is 7.66. The van der Waals surface area contributed by atoms with E-state index in [4.69, 9.17) is 32.2 Å². The molecular weight excluding hydrogens is 278 g/mol. The Balaban J connectivity index is 2.47. The number of methoxy groups -OCH3 is 2. The summed E-state index contributed by atoms with van der Waals surface area (Å²) in [6.45, 7) is 0. The number of nitrogens with zero attached hydrogens (tertiary/aromatic N) is 2. The Morgan fingerprint density at radius 1 is 1.15 bits per heavy atom. The zero-order chi connectivity index (χ0) is 14.5. The van der Waals surface area contributed by atoms with Gasteiger partial charge in [0.25, 0.3) is 0 Å². The lowest BCUT2D eigenvalue weighted by atomic mass is 10.2. The first kappa shape index (κ1) is 14.0. The Morgan fingerprint density at radius 3 is 2.35 bits per heavy atom. The number of benzene rings is 1. The molecule has 0 aliphatic heterocycles. The normalized spacial score (nSPS) is 9.90. The van der Waals surface area contributed by atoms with Gasteiger partial charge in [-0.15, -0.1) is 5.10 Å². The van der Waals surface area contributed by atoms with E-state index in [1.807, 2.05) is 0 Å². The molecule has 0 aliphatic rings. The summed E-state index contributed by atoms with van der Waals surface area (Å²) in [7, 11) is 3.07. The second-order valence-electron chi connectivity index (χ2n) is 3.71. The highest BCUT2D eigenvalue weighted by Gasteiger charge is 2.16. The molecule has 0 fully saturated rings. The van der Waals surface area contributed by atoms with Gasteiger partial charge in [-0.05, 0) is 18.2 Å². The molecule has 2 N–H and O–H groups in total. The highest BCUT2D eigenvalue weighted by molar-refractivity contribution is 7.80. The van der Waals surface area contributed by atoms with Crippen molar-refractivity contribution < 1.29 is 14.2 Å². The molecule has 2 rings (SSSR count). The number of para-hydroxylation sites is 1. The largest absolute Gasteiger partial charge is 0.493 e. The highest BCUT2D eigenvalue weighted by atomic mass is 32.1. The Hall–Kier alpha value is -2.41. The number of rotatable bonds is 5. The molecule has 1 heterocycles. The summed E-state index contributed by atoms with van der Waals surface area (Å²) in [5.74, 6) is 1.59. The fraction of sp³-hybridized carbons (Fsp3) is 0.154. The van der Waals surface area contributed by atoms with Gasteiger partial charge in [0.15, 0.2) is 11.5 Å². The molecule has 0 aliphatic carbocycles. The second kappa shape index (κ2) is 6.16. The fourth-order valence-corrected chi connectivity index (χ4v) is 1.75. The lowest BCUT2D eigenvalue weighted by molar-refractivity contribution is 0.340. The van der Waals surface area contributed by atoms with Crippen LogP contribution in [0.15, 0.2) is 30.5 Å². The zero-order valence-electron chi connectivity index (χ0n) is 11.0. The van der Waals surface area contributed by atoms with Crippen molar-refractivity contribution in [2.75, 3.05) is 14.2 Å². The van der Waals surface area contributed by atoms with Gasteiger partial charge in [-0.25, -0.2) is 0 Å². The van der Waals surface area contributed by atoms with Crippen LogP contribution in [0.4, 0.5) is 0 Å². The third-order valence-corrected chi connectivity index (χ3v) is 2.75. The highest BCUT2D eigenvalue weighted by Crippen LogP contribution is 2.39.